The average Bonchev–Trinajstić information content (AvgIpc) is 2.80. The van der Waals surface area contributed by atoms with Gasteiger partial charge < -0.3 is 15.5 Å². The van der Waals surface area contributed by atoms with Crippen LogP contribution in [0.2, 0.25) is 5.02 Å². The maximum Gasteiger partial charge on any atom is 0.258 e. The Kier molecular flexibility index (Phi) is 7.59. The van der Waals surface area contributed by atoms with E-state index < -0.39 is 5.91 Å². The lowest BCUT2D eigenvalue weighted by Gasteiger charge is -2.17. The largest absolute Gasteiger partial charge is 0.350 e. The van der Waals surface area contributed by atoms with Crippen LogP contribution in [0.1, 0.15) is 26.3 Å². The molecule has 0 unspecified atom stereocenters. The minimum absolute atomic E-state index is 0.301. The molecule has 2 aromatic carbocycles. The number of nitrogens with zero attached hydrogens (tertiary/aromatic N) is 2. The first-order valence-corrected chi connectivity index (χ1v) is 11.1. The Hall–Kier alpha value is -2.98. The van der Waals surface area contributed by atoms with Crippen molar-refractivity contribution >= 4 is 63.3 Å². The first-order valence-electron chi connectivity index (χ1n) is 9.18. The lowest BCUT2D eigenvalue weighted by atomic mass is 10.1. The van der Waals surface area contributed by atoms with E-state index in [0.717, 1.165) is 0 Å². The predicted octanol–water partition coefficient (Wildman–Crippen LogP) is 4.89. The molecule has 0 spiro atoms. The molecule has 158 valence electrons. The molecule has 1 heterocycles. The zero-order valence-corrected chi connectivity index (χ0v) is 19.4. The quantitative estimate of drug-likeness (QED) is 0.135. The third-order valence-electron chi connectivity index (χ3n) is 4.37. The summed E-state index contributed by atoms with van der Waals surface area (Å²) in [7, 11) is 1.83. The number of amidine groups is 1. The molecule has 0 fully saturated rings. The van der Waals surface area contributed by atoms with Gasteiger partial charge in [0.1, 0.15) is 11.7 Å². The Balaban J connectivity index is 1.74. The van der Waals surface area contributed by atoms with Gasteiger partial charge in [-0.25, -0.2) is 4.98 Å². The number of hydrogen-bond acceptors (Lipinski definition) is 4. The SMILES string of the molecule is CN(CI)C(=N)c1ccc(C(=O)Nc2ccccc2C(=O)Nc2ccc(Cl)cn2)cc1. The third kappa shape index (κ3) is 5.80. The molecule has 2 amide bonds. The average molecular weight is 548 g/mol. The maximum atomic E-state index is 12.7. The number of pyridine rings is 1. The van der Waals surface area contributed by atoms with Gasteiger partial charge in [0.2, 0.25) is 0 Å². The second-order valence-corrected chi connectivity index (χ2v) is 7.68. The topological polar surface area (TPSA) is 98.2 Å². The van der Waals surface area contributed by atoms with Crippen molar-refractivity contribution < 1.29 is 9.59 Å². The highest BCUT2D eigenvalue weighted by Crippen LogP contribution is 2.19. The van der Waals surface area contributed by atoms with Crippen molar-refractivity contribution in [3.63, 3.8) is 0 Å². The number of nitrogens with one attached hydrogen (secondary N) is 3. The Labute approximate surface area is 198 Å². The van der Waals surface area contributed by atoms with E-state index in [0.29, 0.717) is 43.6 Å². The minimum atomic E-state index is -0.406. The lowest BCUT2D eigenvalue weighted by Crippen LogP contribution is -2.25. The van der Waals surface area contributed by atoms with Crippen LogP contribution < -0.4 is 10.6 Å². The molecule has 0 aliphatic heterocycles. The second kappa shape index (κ2) is 10.4. The van der Waals surface area contributed by atoms with Gasteiger partial charge in [-0.15, -0.1) is 0 Å². The van der Waals surface area contributed by atoms with Crippen molar-refractivity contribution in [2.45, 2.75) is 0 Å². The molecule has 7 nitrogen and oxygen atoms in total. The molecule has 31 heavy (non-hydrogen) atoms. The second-order valence-electron chi connectivity index (χ2n) is 6.56. The minimum Gasteiger partial charge on any atom is -0.350 e. The molecule has 0 aliphatic carbocycles. The van der Waals surface area contributed by atoms with Crippen LogP contribution in [0.5, 0.6) is 0 Å². The number of carbonyl (C=O) groups excluding carboxylic acids is 2. The Morgan fingerprint density at radius 2 is 1.68 bits per heavy atom. The van der Waals surface area contributed by atoms with Crippen molar-refractivity contribution in [2.24, 2.45) is 0 Å². The van der Waals surface area contributed by atoms with Crippen LogP contribution in [0.4, 0.5) is 11.5 Å². The number of para-hydroxylation sites is 1. The first kappa shape index (κ1) is 22.7. The Bertz CT molecular complexity index is 1100. The molecule has 0 saturated heterocycles. The van der Waals surface area contributed by atoms with Gasteiger partial charge in [0.05, 0.1) is 20.8 Å². The summed E-state index contributed by atoms with van der Waals surface area (Å²) >= 11 is 8.00. The van der Waals surface area contributed by atoms with E-state index in [-0.39, 0.29) is 5.91 Å². The number of hydrogen-bond donors (Lipinski definition) is 3. The molecule has 3 N–H and O–H groups in total. The summed E-state index contributed by atoms with van der Waals surface area (Å²) in [5.74, 6) is -0.0363. The van der Waals surface area contributed by atoms with Crippen LogP contribution in [0.15, 0.2) is 66.9 Å². The number of halogens is 2. The molecule has 0 radical (unpaired) electrons. The molecular weight excluding hydrogens is 529 g/mol. The summed E-state index contributed by atoms with van der Waals surface area (Å²) in [5, 5.41) is 14.1. The van der Waals surface area contributed by atoms with Crippen LogP contribution in [0.25, 0.3) is 0 Å². The lowest BCUT2D eigenvalue weighted by molar-refractivity contribution is 0.102. The summed E-state index contributed by atoms with van der Waals surface area (Å²) < 4.78 is 0.684. The fourth-order valence-corrected chi connectivity index (χ4v) is 3.13. The van der Waals surface area contributed by atoms with E-state index in [1.165, 1.54) is 6.20 Å². The standard InChI is InChI=1S/C22H19ClIN5O2/c1-29(13-24)20(25)14-6-8-15(9-7-14)21(30)27-18-5-3-2-4-17(18)22(31)28-19-11-10-16(23)12-26-19/h2-12,25H,13H2,1H3,(H,27,30)(H,26,28,31). The molecule has 0 atom stereocenters. The molecule has 3 aromatic rings. The number of amides is 2. The van der Waals surface area contributed by atoms with E-state index in [4.69, 9.17) is 17.0 Å². The van der Waals surface area contributed by atoms with E-state index in [9.17, 15) is 9.59 Å². The monoisotopic (exact) mass is 547 g/mol. The van der Waals surface area contributed by atoms with Gasteiger partial charge in [-0.3, -0.25) is 15.0 Å². The number of benzene rings is 2. The Morgan fingerprint density at radius 3 is 2.32 bits per heavy atom. The van der Waals surface area contributed by atoms with Gasteiger partial charge in [0.15, 0.2) is 0 Å². The zero-order chi connectivity index (χ0) is 22.4. The Morgan fingerprint density at radius 1 is 1.00 bits per heavy atom. The van der Waals surface area contributed by atoms with Gasteiger partial charge in [-0.2, -0.15) is 0 Å². The molecule has 0 bridgehead atoms. The number of rotatable bonds is 6. The fourth-order valence-electron chi connectivity index (χ4n) is 2.68. The third-order valence-corrected chi connectivity index (χ3v) is 5.62. The number of carbonyl (C=O) groups is 2. The summed E-state index contributed by atoms with van der Waals surface area (Å²) in [4.78, 5) is 31.2. The summed E-state index contributed by atoms with van der Waals surface area (Å²) in [6.07, 6.45) is 1.44. The van der Waals surface area contributed by atoms with Crippen molar-refractivity contribution in [1.82, 2.24) is 9.88 Å². The van der Waals surface area contributed by atoms with Crippen molar-refractivity contribution in [3.05, 3.63) is 88.6 Å². The summed E-state index contributed by atoms with van der Waals surface area (Å²) in [6.45, 7) is 0. The van der Waals surface area contributed by atoms with Gasteiger partial charge >= 0.3 is 0 Å². The molecule has 0 aliphatic rings. The molecule has 1 aromatic heterocycles. The van der Waals surface area contributed by atoms with E-state index in [1.54, 1.807) is 65.6 Å². The van der Waals surface area contributed by atoms with Crippen LogP contribution >= 0.6 is 34.2 Å². The van der Waals surface area contributed by atoms with Crippen LogP contribution in [0.3, 0.4) is 0 Å². The molecule has 0 saturated carbocycles. The van der Waals surface area contributed by atoms with Crippen molar-refractivity contribution in [2.75, 3.05) is 22.2 Å². The summed E-state index contributed by atoms with van der Waals surface area (Å²) in [6, 6.07) is 16.7. The van der Waals surface area contributed by atoms with Crippen LogP contribution in [-0.4, -0.2) is 39.1 Å². The highest BCUT2D eigenvalue weighted by molar-refractivity contribution is 14.1. The highest BCUT2D eigenvalue weighted by Gasteiger charge is 2.15. The maximum absolute atomic E-state index is 12.7. The number of anilines is 2. The van der Waals surface area contributed by atoms with E-state index in [2.05, 4.69) is 38.2 Å². The van der Waals surface area contributed by atoms with E-state index >= 15 is 0 Å². The smallest absolute Gasteiger partial charge is 0.258 e. The normalized spacial score (nSPS) is 10.3. The zero-order valence-electron chi connectivity index (χ0n) is 16.5. The molecular formula is C22H19ClIN5O2. The number of aromatic nitrogens is 1. The van der Waals surface area contributed by atoms with Gasteiger partial charge in [0, 0.05) is 24.4 Å². The van der Waals surface area contributed by atoms with Crippen LogP contribution in [0, 0.1) is 5.41 Å². The highest BCUT2D eigenvalue weighted by atomic mass is 127. The van der Waals surface area contributed by atoms with Gasteiger partial charge in [-0.05, 0) is 36.4 Å². The van der Waals surface area contributed by atoms with Gasteiger partial charge in [0.25, 0.3) is 11.8 Å². The van der Waals surface area contributed by atoms with Gasteiger partial charge in [-0.1, -0.05) is 58.5 Å². The van der Waals surface area contributed by atoms with E-state index in [1.807, 2.05) is 7.05 Å². The summed E-state index contributed by atoms with van der Waals surface area (Å²) in [5.41, 5.74) is 1.81. The molecule has 9 heteroatoms. The van der Waals surface area contributed by atoms with Crippen molar-refractivity contribution in [3.8, 4) is 0 Å². The fraction of sp³-hybridized carbons (Fsp3) is 0.0909. The first-order chi connectivity index (χ1) is 14.9. The van der Waals surface area contributed by atoms with Crippen molar-refractivity contribution in [1.29, 1.82) is 5.41 Å². The number of alkyl halides is 1. The van der Waals surface area contributed by atoms with Crippen LogP contribution in [-0.2, 0) is 0 Å². The predicted molar refractivity (Wildman–Crippen MR) is 132 cm³/mol. The molecule has 3 rings (SSSR count).